The fraction of sp³-hybridized carbons (Fsp3) is 0.633. The molecule has 2 unspecified atom stereocenters. The van der Waals surface area contributed by atoms with Crippen molar-refractivity contribution in [2.24, 2.45) is 11.8 Å². The van der Waals surface area contributed by atoms with Crippen LogP contribution in [0, 0.1) is 11.8 Å². The Morgan fingerprint density at radius 2 is 1.59 bits per heavy atom. The Morgan fingerprint density at radius 3 is 2.25 bits per heavy atom. The minimum atomic E-state index is -0.639. The van der Waals surface area contributed by atoms with Crippen molar-refractivity contribution in [3.63, 3.8) is 0 Å². The summed E-state index contributed by atoms with van der Waals surface area (Å²) in [5, 5.41) is 12.2. The Hall–Kier alpha value is -4.82. The molecule has 2 fully saturated rings. The number of unbranched alkanes of at least 4 members (excludes halogenated alkanes) is 1. The number of rotatable bonds is 22. The number of carbonyl (C=O) groups excluding carboxylic acids is 6. The van der Waals surface area contributed by atoms with Crippen LogP contribution in [-0.2, 0) is 39.8 Å². The standard InChI is InChI=1S/C49H73N5O9/c1-30(2)28-37(52-48(60)63-49(8,9)10)24-23-36(29-35-18-12-11-13-19-35)46(58)54-26-16-22-40(54)43-45(62-43)53-39(44(57)51-31(3)4)21-14-15-25-50-47(59)61-27-17-20-38-34(7)41(55)32(5)33(6)42(38)56/h11-13,18-19,23-24,30-31,36-37,39-40,43,45,53H,14-17,20-22,25-29H2,1-10H3,(H,50,59)(H,51,57)(H,52,60)/b24-23+/t36-,37-,39+,40+,43?,45?/m1/s1. The van der Waals surface area contributed by atoms with Crippen LogP contribution in [0.4, 0.5) is 9.59 Å². The topological polar surface area (TPSA) is 185 Å². The van der Waals surface area contributed by atoms with Gasteiger partial charge in [-0.25, -0.2) is 9.59 Å². The molecular weight excluding hydrogens is 803 g/mol. The molecule has 348 valence electrons. The number of epoxide rings is 1. The van der Waals surface area contributed by atoms with Crippen molar-refractivity contribution < 1.29 is 43.0 Å². The van der Waals surface area contributed by atoms with E-state index in [4.69, 9.17) is 14.2 Å². The fourth-order valence-electron chi connectivity index (χ4n) is 8.16. The second-order valence-electron chi connectivity index (χ2n) is 18.9. The van der Waals surface area contributed by atoms with E-state index < -0.39 is 36.0 Å². The van der Waals surface area contributed by atoms with Gasteiger partial charge >= 0.3 is 12.2 Å². The van der Waals surface area contributed by atoms with Crippen molar-refractivity contribution in [2.45, 2.75) is 169 Å². The summed E-state index contributed by atoms with van der Waals surface area (Å²) in [5.74, 6) is -0.572. The van der Waals surface area contributed by atoms with Crippen LogP contribution in [-0.4, -0.2) is 102 Å². The number of ketones is 2. The zero-order chi connectivity index (χ0) is 46.4. The minimum absolute atomic E-state index is 0.00145. The van der Waals surface area contributed by atoms with Gasteiger partial charge in [0.15, 0.2) is 11.6 Å². The molecule has 0 aromatic heterocycles. The molecule has 0 radical (unpaired) electrons. The number of alkyl carbamates (subject to hydrolysis) is 2. The molecule has 4 rings (SSSR count). The van der Waals surface area contributed by atoms with Crippen molar-refractivity contribution in [1.29, 1.82) is 0 Å². The third kappa shape index (κ3) is 16.0. The number of hydrogen-bond donors (Lipinski definition) is 4. The zero-order valence-electron chi connectivity index (χ0n) is 39.3. The number of amides is 4. The molecule has 2 saturated heterocycles. The molecule has 14 heteroatoms. The van der Waals surface area contributed by atoms with E-state index in [2.05, 4.69) is 35.1 Å². The van der Waals surface area contributed by atoms with Crippen LogP contribution >= 0.6 is 0 Å². The normalized spacial score (nSPS) is 20.6. The molecule has 0 saturated carbocycles. The maximum absolute atomic E-state index is 14.5. The lowest BCUT2D eigenvalue weighted by Gasteiger charge is -2.28. The third-order valence-electron chi connectivity index (χ3n) is 11.5. The largest absolute Gasteiger partial charge is 0.450 e. The number of allylic oxidation sites excluding steroid dienone is 4. The molecule has 14 nitrogen and oxygen atoms in total. The van der Waals surface area contributed by atoms with Gasteiger partial charge in [-0.3, -0.25) is 24.5 Å². The molecule has 2 aliphatic heterocycles. The van der Waals surface area contributed by atoms with Gasteiger partial charge in [-0.1, -0.05) is 56.3 Å². The molecule has 1 aromatic rings. The van der Waals surface area contributed by atoms with Gasteiger partial charge in [0.2, 0.25) is 11.8 Å². The van der Waals surface area contributed by atoms with Gasteiger partial charge in [0.05, 0.1) is 30.7 Å². The van der Waals surface area contributed by atoms with Crippen molar-refractivity contribution in [3.05, 3.63) is 70.3 Å². The van der Waals surface area contributed by atoms with Crippen molar-refractivity contribution in [3.8, 4) is 0 Å². The number of benzene rings is 1. The lowest BCUT2D eigenvalue weighted by atomic mass is 9.84. The van der Waals surface area contributed by atoms with Gasteiger partial charge in [-0.2, -0.15) is 0 Å². The number of Topliss-reactive ketones (excluding diaryl/α,β-unsaturated/α-hetero) is 2. The van der Waals surface area contributed by atoms with Crippen LogP contribution in [0.3, 0.4) is 0 Å². The first-order chi connectivity index (χ1) is 29.7. The van der Waals surface area contributed by atoms with Crippen molar-refractivity contribution in [2.75, 3.05) is 19.7 Å². The summed E-state index contributed by atoms with van der Waals surface area (Å²) in [7, 11) is 0. The summed E-state index contributed by atoms with van der Waals surface area (Å²) in [5.41, 5.74) is 2.27. The molecular formula is C49H73N5O9. The smallest absolute Gasteiger partial charge is 0.408 e. The molecule has 1 aliphatic carbocycles. The summed E-state index contributed by atoms with van der Waals surface area (Å²) in [6.07, 6.45) is 7.44. The van der Waals surface area contributed by atoms with E-state index in [1.165, 1.54) is 0 Å². The first-order valence-electron chi connectivity index (χ1n) is 22.9. The number of nitrogens with one attached hydrogen (secondary N) is 4. The molecule has 0 bridgehead atoms. The SMILES string of the molecule is CC1=C(C)C(=O)C(CCCOC(=O)NCCCC[C@H](NC2OC2[C@@H]2CCCN2C(=O)[C@H](/C=C/[C@H](CC(C)C)NC(=O)OC(C)(C)C)Cc2ccccc2)C(=O)NC(C)C)=C(C)C1=O. The Morgan fingerprint density at radius 1 is 0.889 bits per heavy atom. The fourth-order valence-corrected chi connectivity index (χ4v) is 8.16. The first-order valence-corrected chi connectivity index (χ1v) is 22.9. The molecule has 1 aromatic carbocycles. The van der Waals surface area contributed by atoms with Gasteiger partial charge in [0, 0.05) is 41.4 Å². The van der Waals surface area contributed by atoms with E-state index >= 15 is 0 Å². The second kappa shape index (κ2) is 23.7. The summed E-state index contributed by atoms with van der Waals surface area (Å²) >= 11 is 0. The zero-order valence-corrected chi connectivity index (χ0v) is 39.3. The monoisotopic (exact) mass is 876 g/mol. The Labute approximate surface area is 374 Å². The van der Waals surface area contributed by atoms with Gasteiger partial charge < -0.3 is 35.1 Å². The van der Waals surface area contributed by atoms with E-state index in [0.717, 1.165) is 18.4 Å². The summed E-state index contributed by atoms with van der Waals surface area (Å²) in [6.45, 7) is 19.5. The van der Waals surface area contributed by atoms with Crippen LogP contribution in [0.1, 0.15) is 126 Å². The van der Waals surface area contributed by atoms with Crippen molar-refractivity contribution >= 4 is 35.6 Å². The molecule has 6 atom stereocenters. The maximum atomic E-state index is 14.5. The van der Waals surface area contributed by atoms with E-state index in [9.17, 15) is 28.8 Å². The highest BCUT2D eigenvalue weighted by Gasteiger charge is 2.51. The summed E-state index contributed by atoms with van der Waals surface area (Å²) < 4.78 is 17.0. The molecule has 4 N–H and O–H groups in total. The van der Waals surface area contributed by atoms with Crippen LogP contribution in [0.15, 0.2) is 64.8 Å². The molecule has 4 amide bonds. The molecule has 3 aliphatic rings. The van der Waals surface area contributed by atoms with E-state index in [1.807, 2.05) is 82.0 Å². The lowest BCUT2D eigenvalue weighted by Crippen LogP contribution is -2.49. The van der Waals surface area contributed by atoms with Crippen LogP contribution < -0.4 is 21.3 Å². The molecule has 2 heterocycles. The quantitative estimate of drug-likeness (QED) is 0.0409. The molecule has 63 heavy (non-hydrogen) atoms. The summed E-state index contributed by atoms with van der Waals surface area (Å²) in [6, 6.07) is 8.83. The van der Waals surface area contributed by atoms with Crippen LogP contribution in [0.25, 0.3) is 0 Å². The number of nitrogens with zero attached hydrogens (tertiary/aromatic N) is 1. The average molecular weight is 876 g/mol. The third-order valence-corrected chi connectivity index (χ3v) is 11.5. The summed E-state index contributed by atoms with van der Waals surface area (Å²) in [4.78, 5) is 80.0. The Kier molecular flexibility index (Phi) is 19.2. The minimum Gasteiger partial charge on any atom is -0.450 e. The number of likely N-dealkylation sites (tertiary alicyclic amines) is 1. The second-order valence-corrected chi connectivity index (χ2v) is 18.9. The van der Waals surface area contributed by atoms with E-state index in [0.29, 0.717) is 80.3 Å². The van der Waals surface area contributed by atoms with Crippen molar-refractivity contribution in [1.82, 2.24) is 26.2 Å². The number of carbonyl (C=O) groups is 6. The predicted molar refractivity (Wildman–Crippen MR) is 243 cm³/mol. The average Bonchev–Trinajstić information content (AvgIpc) is 3.80. The van der Waals surface area contributed by atoms with Gasteiger partial charge in [-0.15, -0.1) is 0 Å². The van der Waals surface area contributed by atoms with Crippen LogP contribution in [0.2, 0.25) is 0 Å². The maximum Gasteiger partial charge on any atom is 0.408 e. The van der Waals surface area contributed by atoms with E-state index in [-0.39, 0.29) is 60.1 Å². The van der Waals surface area contributed by atoms with E-state index in [1.54, 1.807) is 20.8 Å². The molecule has 0 spiro atoms. The van der Waals surface area contributed by atoms with Gasteiger partial charge in [-0.05, 0) is 125 Å². The number of hydrogen-bond acceptors (Lipinski definition) is 10. The highest BCUT2D eigenvalue weighted by Crippen LogP contribution is 2.35. The first kappa shape index (κ1) is 50.8. The Balaban J connectivity index is 1.31. The predicted octanol–water partition coefficient (Wildman–Crippen LogP) is 7.02. The number of ether oxygens (including phenoxy) is 3. The lowest BCUT2D eigenvalue weighted by molar-refractivity contribution is -0.135. The van der Waals surface area contributed by atoms with Gasteiger partial charge in [0.25, 0.3) is 0 Å². The Bertz CT molecular complexity index is 1860. The highest BCUT2D eigenvalue weighted by atomic mass is 16.6. The van der Waals surface area contributed by atoms with Crippen LogP contribution in [0.5, 0.6) is 0 Å². The highest BCUT2D eigenvalue weighted by molar-refractivity contribution is 6.24. The van der Waals surface area contributed by atoms with Gasteiger partial charge in [0.1, 0.15) is 17.9 Å².